The summed E-state index contributed by atoms with van der Waals surface area (Å²) in [4.78, 5) is 24.5. The highest BCUT2D eigenvalue weighted by Gasteiger charge is 2.42. The molecule has 3 rings (SSSR count). The Hall–Kier alpha value is -2.66. The minimum Gasteiger partial charge on any atom is -0.481 e. The molecule has 0 heterocycles. The Balaban J connectivity index is 1.87. The van der Waals surface area contributed by atoms with Crippen molar-refractivity contribution in [1.82, 2.24) is 5.32 Å². The lowest BCUT2D eigenvalue weighted by molar-refractivity contribution is -0.146. The number of aliphatic hydroxyl groups excluding tert-OH is 1. The number of amides is 1. The van der Waals surface area contributed by atoms with Crippen molar-refractivity contribution in [2.45, 2.75) is 44.8 Å². The smallest absolute Gasteiger partial charge is 0.307 e. The third kappa shape index (κ3) is 4.42. The van der Waals surface area contributed by atoms with Gasteiger partial charge in [0.05, 0.1) is 24.0 Å². The van der Waals surface area contributed by atoms with Crippen LogP contribution in [0.4, 0.5) is 0 Å². The highest BCUT2D eigenvalue weighted by molar-refractivity contribution is 5.86. The van der Waals surface area contributed by atoms with E-state index in [0.29, 0.717) is 5.92 Å². The molecular formula is C23H27NO4. The molecule has 5 nitrogen and oxygen atoms in total. The monoisotopic (exact) mass is 381 g/mol. The molecular weight excluding hydrogens is 354 g/mol. The summed E-state index contributed by atoms with van der Waals surface area (Å²) in [6.45, 7) is 4.26. The van der Waals surface area contributed by atoms with Gasteiger partial charge in [0.25, 0.3) is 0 Å². The van der Waals surface area contributed by atoms with E-state index in [1.165, 1.54) is 5.56 Å². The van der Waals surface area contributed by atoms with Crippen LogP contribution in [-0.2, 0) is 9.59 Å². The van der Waals surface area contributed by atoms with Gasteiger partial charge in [0.2, 0.25) is 5.91 Å². The van der Waals surface area contributed by atoms with Crippen LogP contribution in [-0.4, -0.2) is 28.2 Å². The van der Waals surface area contributed by atoms with Crippen molar-refractivity contribution in [2.75, 3.05) is 0 Å². The van der Waals surface area contributed by atoms with E-state index in [9.17, 15) is 19.8 Å². The van der Waals surface area contributed by atoms with Crippen molar-refractivity contribution in [3.8, 4) is 0 Å². The van der Waals surface area contributed by atoms with Crippen LogP contribution in [0.1, 0.15) is 55.3 Å². The lowest BCUT2D eigenvalue weighted by Crippen LogP contribution is -2.38. The standard InChI is InChI=1S/C23H27NO4/c1-14(2)15-8-10-17(11-9-15)21(16-6-4-3-5-7-16)24-22(26)19-12-18(25)13-20(19)23(27)28/h3-11,14,18-21,25H,12-13H2,1-2H3,(H,24,26)(H,27,28)/t18?,19?,20?,21-/m0/s1. The molecule has 0 spiro atoms. The zero-order valence-electron chi connectivity index (χ0n) is 16.2. The summed E-state index contributed by atoms with van der Waals surface area (Å²) in [6, 6.07) is 17.4. The molecule has 3 unspecified atom stereocenters. The lowest BCUT2D eigenvalue weighted by atomic mass is 9.92. The van der Waals surface area contributed by atoms with Gasteiger partial charge < -0.3 is 15.5 Å². The van der Waals surface area contributed by atoms with Gasteiger partial charge in [-0.3, -0.25) is 9.59 Å². The fourth-order valence-corrected chi connectivity index (χ4v) is 3.90. The third-order valence-electron chi connectivity index (χ3n) is 5.55. The van der Waals surface area contributed by atoms with E-state index in [4.69, 9.17) is 0 Å². The summed E-state index contributed by atoms with van der Waals surface area (Å²) in [5.41, 5.74) is 3.08. The second kappa shape index (κ2) is 8.57. The van der Waals surface area contributed by atoms with Crippen LogP contribution < -0.4 is 5.32 Å². The van der Waals surface area contributed by atoms with Crippen LogP contribution in [0.3, 0.4) is 0 Å². The Kier molecular flexibility index (Phi) is 6.15. The molecule has 4 atom stereocenters. The normalized spacial score (nSPS) is 22.8. The molecule has 1 aliphatic carbocycles. The van der Waals surface area contributed by atoms with E-state index in [1.54, 1.807) is 0 Å². The number of benzene rings is 2. The highest BCUT2D eigenvalue weighted by Crippen LogP contribution is 2.34. The molecule has 5 heteroatoms. The SMILES string of the molecule is CC(C)c1ccc([C@@H](NC(=O)C2CC(O)CC2C(=O)O)c2ccccc2)cc1. The summed E-state index contributed by atoms with van der Waals surface area (Å²) in [7, 11) is 0. The van der Waals surface area contributed by atoms with Gasteiger partial charge in [-0.15, -0.1) is 0 Å². The first-order chi connectivity index (χ1) is 13.4. The maximum absolute atomic E-state index is 13.0. The molecule has 0 saturated heterocycles. The number of carboxylic acids is 1. The summed E-state index contributed by atoms with van der Waals surface area (Å²) in [5.74, 6) is -2.53. The molecule has 1 saturated carbocycles. The molecule has 0 radical (unpaired) electrons. The molecule has 3 N–H and O–H groups in total. The number of carboxylic acid groups (broad SMARTS) is 1. The van der Waals surface area contributed by atoms with Crippen LogP contribution in [0.5, 0.6) is 0 Å². The predicted molar refractivity (Wildman–Crippen MR) is 107 cm³/mol. The van der Waals surface area contributed by atoms with Crippen LogP contribution in [0.15, 0.2) is 54.6 Å². The van der Waals surface area contributed by atoms with Crippen molar-refractivity contribution in [3.05, 3.63) is 71.3 Å². The number of carbonyl (C=O) groups excluding carboxylic acids is 1. The van der Waals surface area contributed by atoms with Crippen LogP contribution >= 0.6 is 0 Å². The van der Waals surface area contributed by atoms with E-state index in [2.05, 4.69) is 31.3 Å². The predicted octanol–water partition coefficient (Wildman–Crippen LogP) is 3.49. The second-order valence-corrected chi connectivity index (χ2v) is 7.85. The average molecular weight is 381 g/mol. The topological polar surface area (TPSA) is 86.6 Å². The molecule has 0 bridgehead atoms. The first-order valence-electron chi connectivity index (χ1n) is 9.73. The largest absolute Gasteiger partial charge is 0.481 e. The second-order valence-electron chi connectivity index (χ2n) is 7.85. The summed E-state index contributed by atoms with van der Waals surface area (Å²) in [6.07, 6.45) is -0.458. The van der Waals surface area contributed by atoms with Crippen molar-refractivity contribution in [2.24, 2.45) is 11.8 Å². The highest BCUT2D eigenvalue weighted by atomic mass is 16.4. The third-order valence-corrected chi connectivity index (χ3v) is 5.55. The summed E-state index contributed by atoms with van der Waals surface area (Å²) >= 11 is 0. The Morgan fingerprint density at radius 3 is 2.00 bits per heavy atom. The van der Waals surface area contributed by atoms with Crippen molar-refractivity contribution in [3.63, 3.8) is 0 Å². The zero-order valence-corrected chi connectivity index (χ0v) is 16.2. The molecule has 2 aromatic carbocycles. The first-order valence-corrected chi connectivity index (χ1v) is 9.73. The molecule has 148 valence electrons. The van der Waals surface area contributed by atoms with E-state index < -0.39 is 23.9 Å². The van der Waals surface area contributed by atoms with Gasteiger partial charge in [0, 0.05) is 0 Å². The molecule has 2 aromatic rings. The number of aliphatic carboxylic acids is 1. The molecule has 0 aromatic heterocycles. The van der Waals surface area contributed by atoms with Crippen molar-refractivity contribution < 1.29 is 19.8 Å². The van der Waals surface area contributed by atoms with Gasteiger partial charge in [-0.2, -0.15) is 0 Å². The van der Waals surface area contributed by atoms with E-state index >= 15 is 0 Å². The van der Waals surface area contributed by atoms with Crippen molar-refractivity contribution in [1.29, 1.82) is 0 Å². The quantitative estimate of drug-likeness (QED) is 0.715. The van der Waals surface area contributed by atoms with Crippen molar-refractivity contribution >= 4 is 11.9 Å². The molecule has 1 aliphatic rings. The Labute approximate surface area is 165 Å². The summed E-state index contributed by atoms with van der Waals surface area (Å²) in [5, 5.41) is 22.3. The van der Waals surface area contributed by atoms with Crippen LogP contribution in [0.2, 0.25) is 0 Å². The minimum atomic E-state index is -1.03. The maximum Gasteiger partial charge on any atom is 0.307 e. The minimum absolute atomic E-state index is 0.118. The zero-order chi connectivity index (χ0) is 20.3. The Morgan fingerprint density at radius 1 is 0.893 bits per heavy atom. The van der Waals surface area contributed by atoms with Gasteiger partial charge in [-0.05, 0) is 35.4 Å². The number of carbonyl (C=O) groups is 2. The van der Waals surface area contributed by atoms with E-state index in [0.717, 1.165) is 11.1 Å². The fraction of sp³-hybridized carbons (Fsp3) is 0.391. The summed E-state index contributed by atoms with van der Waals surface area (Å²) < 4.78 is 0. The number of nitrogens with one attached hydrogen (secondary N) is 1. The van der Waals surface area contributed by atoms with E-state index in [1.807, 2.05) is 42.5 Å². The average Bonchev–Trinajstić information content (AvgIpc) is 3.09. The van der Waals surface area contributed by atoms with Gasteiger partial charge in [0.15, 0.2) is 0 Å². The fourth-order valence-electron chi connectivity index (χ4n) is 3.90. The molecule has 28 heavy (non-hydrogen) atoms. The van der Waals surface area contributed by atoms with Gasteiger partial charge in [0.1, 0.15) is 0 Å². The first kappa shape index (κ1) is 20.1. The van der Waals surface area contributed by atoms with Gasteiger partial charge in [-0.1, -0.05) is 68.4 Å². The number of rotatable bonds is 6. The number of aliphatic hydroxyl groups is 1. The van der Waals surface area contributed by atoms with Gasteiger partial charge >= 0.3 is 5.97 Å². The Morgan fingerprint density at radius 2 is 1.43 bits per heavy atom. The number of hydrogen-bond donors (Lipinski definition) is 3. The van der Waals surface area contributed by atoms with Gasteiger partial charge in [-0.25, -0.2) is 0 Å². The van der Waals surface area contributed by atoms with Crippen LogP contribution in [0.25, 0.3) is 0 Å². The molecule has 1 amide bonds. The Bertz CT molecular complexity index is 816. The lowest BCUT2D eigenvalue weighted by Gasteiger charge is -2.24. The molecule has 0 aliphatic heterocycles. The number of hydrogen-bond acceptors (Lipinski definition) is 3. The van der Waals surface area contributed by atoms with Crippen LogP contribution in [0, 0.1) is 11.8 Å². The maximum atomic E-state index is 13.0. The molecule has 1 fully saturated rings. The van der Waals surface area contributed by atoms with E-state index in [-0.39, 0.29) is 24.8 Å².